The molecule has 1 unspecified atom stereocenters. The Morgan fingerprint density at radius 2 is 1.94 bits per heavy atom. The number of rotatable bonds is 4. The van der Waals surface area contributed by atoms with Crippen LogP contribution in [0.5, 0.6) is 0 Å². The lowest BCUT2D eigenvalue weighted by molar-refractivity contribution is -0.137. The van der Waals surface area contributed by atoms with Gasteiger partial charge in [-0.05, 0) is 50.1 Å². The average molecular weight is 428 g/mol. The standard InChI is InChI=1S/C21H26N4O3.CH2O2/c1-22-16-5-3-4-6-17(16)24(2)14-7-8-15-13(11-14)12-25(21(15)28)18-9-10-19(26)23-20(18)27;2-1-3/h3-4,7-8,11,16-18,22H,5-6,9-10,12H2,1-2H3,(H,23,26,27);1H,(H,2,3)/t16-,17-,18?;/m0./s1. The zero-order valence-corrected chi connectivity index (χ0v) is 17.7. The molecule has 1 aliphatic carbocycles. The van der Waals surface area contributed by atoms with E-state index >= 15 is 0 Å². The largest absolute Gasteiger partial charge is 0.483 e. The van der Waals surface area contributed by atoms with Gasteiger partial charge in [-0.3, -0.25) is 24.5 Å². The average Bonchev–Trinajstić information content (AvgIpc) is 3.09. The topological polar surface area (TPSA) is 119 Å². The molecule has 0 radical (unpaired) electrons. The fraction of sp³-hybridized carbons (Fsp3) is 0.455. The number of amides is 3. The first-order chi connectivity index (χ1) is 14.9. The Morgan fingerprint density at radius 1 is 1.23 bits per heavy atom. The molecule has 0 bridgehead atoms. The molecule has 166 valence electrons. The number of carbonyl (C=O) groups excluding carboxylic acids is 3. The summed E-state index contributed by atoms with van der Waals surface area (Å²) in [7, 11) is 4.08. The highest BCUT2D eigenvalue weighted by molar-refractivity contribution is 6.05. The monoisotopic (exact) mass is 428 g/mol. The number of nitrogens with one attached hydrogen (secondary N) is 2. The van der Waals surface area contributed by atoms with Crippen molar-refractivity contribution in [3.05, 3.63) is 41.5 Å². The van der Waals surface area contributed by atoms with Gasteiger partial charge in [-0.25, -0.2) is 0 Å². The van der Waals surface area contributed by atoms with E-state index in [0.717, 1.165) is 24.1 Å². The first kappa shape index (κ1) is 22.5. The molecule has 9 heteroatoms. The fourth-order valence-corrected chi connectivity index (χ4v) is 4.51. The van der Waals surface area contributed by atoms with E-state index in [0.29, 0.717) is 30.6 Å². The molecular weight excluding hydrogens is 400 g/mol. The van der Waals surface area contributed by atoms with Gasteiger partial charge in [0.05, 0.1) is 0 Å². The highest BCUT2D eigenvalue weighted by Gasteiger charge is 2.39. The Morgan fingerprint density at radius 3 is 2.61 bits per heavy atom. The Hall–Kier alpha value is -3.20. The van der Waals surface area contributed by atoms with Crippen LogP contribution in [0, 0.1) is 0 Å². The summed E-state index contributed by atoms with van der Waals surface area (Å²) >= 11 is 0. The van der Waals surface area contributed by atoms with Crippen LogP contribution in [0.4, 0.5) is 5.69 Å². The number of hydrogen-bond acceptors (Lipinski definition) is 6. The number of piperidine rings is 1. The van der Waals surface area contributed by atoms with Crippen molar-refractivity contribution in [2.24, 2.45) is 0 Å². The predicted molar refractivity (Wildman–Crippen MR) is 115 cm³/mol. The van der Waals surface area contributed by atoms with Crippen molar-refractivity contribution in [3.8, 4) is 0 Å². The Labute approximate surface area is 181 Å². The molecule has 1 aromatic carbocycles. The van der Waals surface area contributed by atoms with Crippen LogP contribution in [0.15, 0.2) is 30.4 Å². The Bertz CT molecular complexity index is 900. The van der Waals surface area contributed by atoms with Crippen LogP contribution < -0.4 is 15.5 Å². The van der Waals surface area contributed by atoms with Gasteiger partial charge in [-0.15, -0.1) is 0 Å². The van der Waals surface area contributed by atoms with Crippen LogP contribution in [0.25, 0.3) is 0 Å². The number of fused-ring (bicyclic) bond motifs is 1. The number of hydrogen-bond donors (Lipinski definition) is 3. The Balaban J connectivity index is 0.000000858. The molecular formula is C22H28N4O5. The van der Waals surface area contributed by atoms with Gasteiger partial charge in [-0.1, -0.05) is 12.2 Å². The number of carboxylic acid groups (broad SMARTS) is 1. The summed E-state index contributed by atoms with van der Waals surface area (Å²) in [6, 6.07) is 6.06. The molecule has 1 saturated heterocycles. The molecule has 2 heterocycles. The van der Waals surface area contributed by atoms with Crippen molar-refractivity contribution in [1.82, 2.24) is 15.5 Å². The maximum absolute atomic E-state index is 12.8. The lowest BCUT2D eigenvalue weighted by Crippen LogP contribution is -2.52. The van der Waals surface area contributed by atoms with E-state index in [9.17, 15) is 14.4 Å². The number of benzene rings is 1. The van der Waals surface area contributed by atoms with Gasteiger partial charge < -0.3 is 20.2 Å². The van der Waals surface area contributed by atoms with Gasteiger partial charge in [0.25, 0.3) is 12.4 Å². The van der Waals surface area contributed by atoms with Crippen molar-refractivity contribution in [1.29, 1.82) is 0 Å². The minimum Gasteiger partial charge on any atom is -0.483 e. The van der Waals surface area contributed by atoms with Gasteiger partial charge in [-0.2, -0.15) is 0 Å². The van der Waals surface area contributed by atoms with Crippen molar-refractivity contribution in [2.75, 3.05) is 19.0 Å². The molecule has 1 aromatic rings. The van der Waals surface area contributed by atoms with Crippen LogP contribution >= 0.6 is 0 Å². The fourth-order valence-electron chi connectivity index (χ4n) is 4.51. The number of likely N-dealkylation sites (N-methyl/N-ethyl adjacent to an activating group) is 2. The van der Waals surface area contributed by atoms with Crippen molar-refractivity contribution in [3.63, 3.8) is 0 Å². The lowest BCUT2D eigenvalue weighted by Gasteiger charge is -2.37. The summed E-state index contributed by atoms with van der Waals surface area (Å²) in [6.07, 6.45) is 7.06. The summed E-state index contributed by atoms with van der Waals surface area (Å²) in [4.78, 5) is 48.7. The Kier molecular flexibility index (Phi) is 7.06. The third-order valence-electron chi connectivity index (χ3n) is 6.18. The van der Waals surface area contributed by atoms with Crippen LogP contribution in [-0.2, 0) is 20.9 Å². The third kappa shape index (κ3) is 4.61. The molecule has 0 aromatic heterocycles. The number of anilines is 1. The maximum atomic E-state index is 12.8. The summed E-state index contributed by atoms with van der Waals surface area (Å²) in [5, 5.41) is 12.6. The molecule has 31 heavy (non-hydrogen) atoms. The second kappa shape index (κ2) is 9.74. The second-order valence-corrected chi connectivity index (χ2v) is 7.86. The van der Waals surface area contributed by atoms with Gasteiger partial charge >= 0.3 is 0 Å². The molecule has 0 spiro atoms. The van der Waals surface area contributed by atoms with Gasteiger partial charge in [0, 0.05) is 43.3 Å². The minimum atomic E-state index is -0.573. The molecule has 3 N–H and O–H groups in total. The zero-order valence-electron chi connectivity index (χ0n) is 17.7. The van der Waals surface area contributed by atoms with E-state index < -0.39 is 6.04 Å². The predicted octanol–water partition coefficient (Wildman–Crippen LogP) is 0.891. The smallest absolute Gasteiger partial charge is 0.290 e. The van der Waals surface area contributed by atoms with E-state index in [1.807, 2.05) is 19.2 Å². The van der Waals surface area contributed by atoms with E-state index in [2.05, 4.69) is 40.8 Å². The van der Waals surface area contributed by atoms with Gasteiger partial charge in [0.15, 0.2) is 0 Å². The molecule has 9 nitrogen and oxygen atoms in total. The van der Waals surface area contributed by atoms with Crippen molar-refractivity contribution in [2.45, 2.75) is 50.4 Å². The lowest BCUT2D eigenvalue weighted by atomic mass is 9.94. The summed E-state index contributed by atoms with van der Waals surface area (Å²) in [5.74, 6) is -0.775. The van der Waals surface area contributed by atoms with Gasteiger partial charge in [0.1, 0.15) is 6.04 Å². The van der Waals surface area contributed by atoms with Crippen LogP contribution in [-0.4, -0.2) is 66.4 Å². The van der Waals surface area contributed by atoms with Crippen LogP contribution in [0.2, 0.25) is 0 Å². The summed E-state index contributed by atoms with van der Waals surface area (Å²) in [6.45, 7) is 0.155. The van der Waals surface area contributed by atoms with E-state index in [1.54, 1.807) is 4.90 Å². The zero-order chi connectivity index (χ0) is 22.5. The number of imide groups is 1. The van der Waals surface area contributed by atoms with Crippen LogP contribution in [0.3, 0.4) is 0 Å². The van der Waals surface area contributed by atoms with Crippen molar-refractivity contribution >= 4 is 29.9 Å². The minimum absolute atomic E-state index is 0.132. The molecule has 4 rings (SSSR count). The third-order valence-corrected chi connectivity index (χ3v) is 6.18. The second-order valence-electron chi connectivity index (χ2n) is 7.86. The SMILES string of the molecule is CN[C@H]1CC=CC[C@@H]1N(C)c1ccc2c(c1)CN(C1CCC(=O)NC1=O)C2=O.O=CO. The van der Waals surface area contributed by atoms with E-state index in [1.165, 1.54) is 0 Å². The maximum Gasteiger partial charge on any atom is 0.290 e. The highest BCUT2D eigenvalue weighted by Crippen LogP contribution is 2.32. The van der Waals surface area contributed by atoms with Crippen LogP contribution in [0.1, 0.15) is 41.6 Å². The number of nitrogens with zero attached hydrogens (tertiary/aromatic N) is 2. The molecule has 3 amide bonds. The summed E-state index contributed by atoms with van der Waals surface area (Å²) in [5.41, 5.74) is 2.65. The molecule has 1 fully saturated rings. The molecule has 2 aliphatic heterocycles. The van der Waals surface area contributed by atoms with E-state index in [4.69, 9.17) is 9.90 Å². The number of carbonyl (C=O) groups is 4. The normalized spacial score (nSPS) is 24.8. The first-order valence-corrected chi connectivity index (χ1v) is 10.3. The molecule has 3 atom stereocenters. The molecule has 0 saturated carbocycles. The van der Waals surface area contributed by atoms with Gasteiger partial charge in [0.2, 0.25) is 11.8 Å². The van der Waals surface area contributed by atoms with Crippen molar-refractivity contribution < 1.29 is 24.3 Å². The first-order valence-electron chi connectivity index (χ1n) is 10.3. The van der Waals surface area contributed by atoms with E-state index in [-0.39, 0.29) is 30.6 Å². The molecule has 3 aliphatic rings. The highest BCUT2D eigenvalue weighted by atomic mass is 16.3. The quantitative estimate of drug-likeness (QED) is 0.370. The summed E-state index contributed by atoms with van der Waals surface area (Å²) < 4.78 is 0.